The number of piperazine rings is 1. The Balaban J connectivity index is 1.41. The predicted octanol–water partition coefficient (Wildman–Crippen LogP) is 4.66. The first kappa shape index (κ1) is 21.6. The van der Waals surface area contributed by atoms with Crippen LogP contribution in [0.2, 0.25) is 0 Å². The summed E-state index contributed by atoms with van der Waals surface area (Å²) in [5.41, 5.74) is 7.92. The Bertz CT molecular complexity index is 1190. The Labute approximate surface area is 196 Å². The minimum Gasteiger partial charge on any atom is -0.369 e. The molecule has 0 aliphatic carbocycles. The average molecular weight is 441 g/mol. The first-order valence-electron chi connectivity index (χ1n) is 11.7. The lowest BCUT2D eigenvalue weighted by Crippen LogP contribution is -2.44. The van der Waals surface area contributed by atoms with Gasteiger partial charge in [-0.1, -0.05) is 32.0 Å². The minimum absolute atomic E-state index is 0.0196. The van der Waals surface area contributed by atoms with Crippen LogP contribution in [0.5, 0.6) is 0 Å². The maximum absolute atomic E-state index is 4.91. The van der Waals surface area contributed by atoms with Gasteiger partial charge in [0.1, 0.15) is 0 Å². The third-order valence-corrected chi connectivity index (χ3v) is 6.72. The normalized spacial score (nSPS) is 17.6. The molecule has 33 heavy (non-hydrogen) atoms. The standard InChI is InChI=1S/C27H32N6/c1-19-16-29-26(30-22-6-5-7-23(15-22)33-12-10-32(4)11-13-33)31-25(19)20-8-9-21-17-28-18-27(2,3)24(21)14-20/h5-9,14-17H,10-13,18H2,1-4H3,(H,29,30,31). The molecular formula is C27H32N6. The second-order valence-electron chi connectivity index (χ2n) is 9.85. The fourth-order valence-electron chi connectivity index (χ4n) is 4.63. The summed E-state index contributed by atoms with van der Waals surface area (Å²) in [6.07, 6.45) is 3.89. The molecule has 3 aromatic rings. The van der Waals surface area contributed by atoms with Crippen LogP contribution in [0.1, 0.15) is 30.5 Å². The zero-order chi connectivity index (χ0) is 23.0. The van der Waals surface area contributed by atoms with Crippen molar-refractivity contribution in [2.75, 3.05) is 50.0 Å². The van der Waals surface area contributed by atoms with Gasteiger partial charge in [-0.25, -0.2) is 9.97 Å². The van der Waals surface area contributed by atoms with Crippen LogP contribution >= 0.6 is 0 Å². The highest BCUT2D eigenvalue weighted by Gasteiger charge is 2.26. The van der Waals surface area contributed by atoms with Crippen molar-refractivity contribution in [1.29, 1.82) is 0 Å². The van der Waals surface area contributed by atoms with Crippen molar-refractivity contribution >= 4 is 23.5 Å². The van der Waals surface area contributed by atoms with E-state index in [2.05, 4.69) is 95.4 Å². The van der Waals surface area contributed by atoms with Crippen molar-refractivity contribution in [3.8, 4) is 11.3 Å². The van der Waals surface area contributed by atoms with Gasteiger partial charge in [0.25, 0.3) is 0 Å². The zero-order valence-corrected chi connectivity index (χ0v) is 20.0. The smallest absolute Gasteiger partial charge is 0.227 e. The highest BCUT2D eigenvalue weighted by molar-refractivity contribution is 5.85. The summed E-state index contributed by atoms with van der Waals surface area (Å²) >= 11 is 0. The second-order valence-corrected chi connectivity index (χ2v) is 9.85. The molecule has 5 rings (SSSR count). The fraction of sp³-hybridized carbons (Fsp3) is 0.370. The third kappa shape index (κ3) is 4.48. The molecule has 1 fully saturated rings. The molecule has 0 spiro atoms. The molecule has 3 heterocycles. The van der Waals surface area contributed by atoms with Crippen molar-refractivity contribution in [3.63, 3.8) is 0 Å². The van der Waals surface area contributed by atoms with Crippen LogP contribution in [-0.2, 0) is 5.41 Å². The third-order valence-electron chi connectivity index (χ3n) is 6.72. The first-order chi connectivity index (χ1) is 15.9. The van der Waals surface area contributed by atoms with Gasteiger partial charge in [0, 0.05) is 67.5 Å². The van der Waals surface area contributed by atoms with Gasteiger partial charge in [0.2, 0.25) is 5.95 Å². The van der Waals surface area contributed by atoms with Gasteiger partial charge in [-0.2, -0.15) is 0 Å². The molecule has 2 aliphatic rings. The van der Waals surface area contributed by atoms with E-state index in [0.717, 1.165) is 55.2 Å². The summed E-state index contributed by atoms with van der Waals surface area (Å²) in [7, 11) is 2.18. The highest BCUT2D eigenvalue weighted by atomic mass is 15.2. The van der Waals surface area contributed by atoms with E-state index in [0.29, 0.717) is 5.95 Å². The van der Waals surface area contributed by atoms with E-state index in [9.17, 15) is 0 Å². The Morgan fingerprint density at radius 3 is 2.64 bits per heavy atom. The van der Waals surface area contributed by atoms with Crippen LogP contribution in [0.4, 0.5) is 17.3 Å². The Morgan fingerprint density at radius 2 is 1.82 bits per heavy atom. The zero-order valence-electron chi connectivity index (χ0n) is 20.0. The van der Waals surface area contributed by atoms with Gasteiger partial charge < -0.3 is 15.1 Å². The molecule has 0 bridgehead atoms. The van der Waals surface area contributed by atoms with Crippen molar-refractivity contribution < 1.29 is 0 Å². The monoisotopic (exact) mass is 440 g/mol. The number of rotatable bonds is 4. The lowest BCUT2D eigenvalue weighted by molar-refractivity contribution is 0.313. The van der Waals surface area contributed by atoms with E-state index in [-0.39, 0.29) is 5.41 Å². The van der Waals surface area contributed by atoms with Crippen molar-refractivity contribution in [1.82, 2.24) is 14.9 Å². The number of likely N-dealkylation sites (N-methyl/N-ethyl adjacent to an activating group) is 1. The van der Waals surface area contributed by atoms with Crippen molar-refractivity contribution in [2.45, 2.75) is 26.2 Å². The second kappa shape index (κ2) is 8.60. The number of fused-ring (bicyclic) bond motifs is 1. The number of nitrogens with zero attached hydrogens (tertiary/aromatic N) is 5. The number of hydrogen-bond acceptors (Lipinski definition) is 6. The number of hydrogen-bond donors (Lipinski definition) is 1. The van der Waals surface area contributed by atoms with Crippen LogP contribution in [0.25, 0.3) is 11.3 Å². The topological polar surface area (TPSA) is 56.7 Å². The molecule has 0 radical (unpaired) electrons. The maximum Gasteiger partial charge on any atom is 0.227 e. The summed E-state index contributed by atoms with van der Waals surface area (Å²) < 4.78 is 0. The Morgan fingerprint density at radius 1 is 1.00 bits per heavy atom. The Hall–Kier alpha value is -3.25. The van der Waals surface area contributed by atoms with Gasteiger partial charge in [0.05, 0.1) is 5.69 Å². The van der Waals surface area contributed by atoms with Gasteiger partial charge in [-0.3, -0.25) is 4.99 Å². The van der Waals surface area contributed by atoms with Crippen molar-refractivity contribution in [2.24, 2.45) is 4.99 Å². The fourth-order valence-corrected chi connectivity index (χ4v) is 4.63. The minimum atomic E-state index is 0.0196. The maximum atomic E-state index is 4.91. The molecule has 0 unspecified atom stereocenters. The summed E-state index contributed by atoms with van der Waals surface area (Å²) in [5.74, 6) is 0.615. The molecule has 0 atom stereocenters. The van der Waals surface area contributed by atoms with E-state index >= 15 is 0 Å². The number of anilines is 3. The molecular weight excluding hydrogens is 408 g/mol. The van der Waals surface area contributed by atoms with E-state index in [4.69, 9.17) is 4.98 Å². The molecule has 6 heteroatoms. The quantitative estimate of drug-likeness (QED) is 0.640. The van der Waals surface area contributed by atoms with Gasteiger partial charge in [0.15, 0.2) is 0 Å². The molecule has 1 saturated heterocycles. The lowest BCUT2D eigenvalue weighted by atomic mass is 9.79. The highest BCUT2D eigenvalue weighted by Crippen LogP contribution is 2.33. The molecule has 1 N–H and O–H groups in total. The lowest BCUT2D eigenvalue weighted by Gasteiger charge is -2.34. The number of aryl methyl sites for hydroxylation is 1. The summed E-state index contributed by atoms with van der Waals surface area (Å²) in [6, 6.07) is 15.1. The molecule has 2 aromatic carbocycles. The van der Waals surface area contributed by atoms with Crippen LogP contribution in [0.15, 0.2) is 53.7 Å². The van der Waals surface area contributed by atoms with Crippen LogP contribution in [-0.4, -0.2) is 60.9 Å². The van der Waals surface area contributed by atoms with Gasteiger partial charge in [-0.05, 0) is 54.9 Å². The predicted molar refractivity (Wildman–Crippen MR) is 137 cm³/mol. The van der Waals surface area contributed by atoms with Crippen LogP contribution < -0.4 is 10.2 Å². The molecule has 170 valence electrons. The number of aromatic nitrogens is 2. The average Bonchev–Trinajstić information content (AvgIpc) is 2.81. The summed E-state index contributed by atoms with van der Waals surface area (Å²) in [6.45, 7) is 11.6. The van der Waals surface area contributed by atoms with E-state index in [1.165, 1.54) is 16.8 Å². The SMILES string of the molecule is Cc1cnc(Nc2cccc(N3CCN(C)CC3)c2)nc1-c1ccc2c(c1)C(C)(C)CN=C2. The Kier molecular flexibility index (Phi) is 5.62. The van der Waals surface area contributed by atoms with E-state index in [1.54, 1.807) is 0 Å². The van der Waals surface area contributed by atoms with Gasteiger partial charge >= 0.3 is 0 Å². The van der Waals surface area contributed by atoms with Gasteiger partial charge in [-0.15, -0.1) is 0 Å². The number of benzene rings is 2. The summed E-state index contributed by atoms with van der Waals surface area (Å²) in [5, 5.41) is 3.43. The molecule has 2 aliphatic heterocycles. The molecule has 6 nitrogen and oxygen atoms in total. The van der Waals surface area contributed by atoms with E-state index in [1.807, 2.05) is 12.4 Å². The molecule has 0 amide bonds. The van der Waals surface area contributed by atoms with Crippen LogP contribution in [0, 0.1) is 6.92 Å². The largest absolute Gasteiger partial charge is 0.369 e. The summed E-state index contributed by atoms with van der Waals surface area (Å²) in [4.78, 5) is 18.8. The number of aliphatic imine (C=N–C) groups is 1. The molecule has 1 aromatic heterocycles. The molecule has 0 saturated carbocycles. The number of nitrogens with one attached hydrogen (secondary N) is 1. The van der Waals surface area contributed by atoms with Crippen molar-refractivity contribution in [3.05, 3.63) is 65.4 Å². The first-order valence-corrected chi connectivity index (χ1v) is 11.7. The van der Waals surface area contributed by atoms with Crippen LogP contribution in [0.3, 0.4) is 0 Å². The van der Waals surface area contributed by atoms with E-state index < -0.39 is 0 Å².